The molecule has 0 radical (unpaired) electrons. The number of fused-ring (bicyclic) bond motifs is 2. The minimum atomic E-state index is -1.11. The van der Waals surface area contributed by atoms with Crippen LogP contribution in [0.2, 0.25) is 5.02 Å². The lowest BCUT2D eigenvalue weighted by Crippen LogP contribution is -2.64. The lowest BCUT2D eigenvalue weighted by molar-refractivity contribution is -0.147. The summed E-state index contributed by atoms with van der Waals surface area (Å²) in [6.45, 7) is 4.15. The molecule has 0 saturated carbocycles. The number of hydrogen-bond donors (Lipinski definition) is 1. The van der Waals surface area contributed by atoms with Gasteiger partial charge in [0, 0.05) is 43.6 Å². The number of carbonyl (C=O) groups excluding carboxylic acids is 2. The van der Waals surface area contributed by atoms with Crippen molar-refractivity contribution in [1.82, 2.24) is 29.2 Å². The van der Waals surface area contributed by atoms with Crippen LogP contribution in [0.25, 0.3) is 0 Å². The van der Waals surface area contributed by atoms with Gasteiger partial charge >= 0.3 is 6.09 Å². The van der Waals surface area contributed by atoms with E-state index in [1.165, 1.54) is 5.56 Å². The standard InChI is InChI=1S/C37H41ClN6O4/c1-26-20-41(25-40-26)23-37(47)14-6-16-43(24-37)35(45)32-21-42(17-18-44(32)36(46)48-22-27-7-3-2-4-8-27)34-31-13-12-30(38)19-29(31)11-10-28-9-5-15-39-33(28)34/h2-5,7-9,12-13,15,19-20,25,32,34,47H,6,10-11,14,16-18,21-24H2,1H3/t32-,34+,37?/m1/s1. The van der Waals surface area contributed by atoms with Crippen molar-refractivity contribution in [3.63, 3.8) is 0 Å². The van der Waals surface area contributed by atoms with E-state index < -0.39 is 17.7 Å². The number of likely N-dealkylation sites (tertiary alicyclic amines) is 1. The van der Waals surface area contributed by atoms with E-state index in [4.69, 9.17) is 21.3 Å². The van der Waals surface area contributed by atoms with Crippen LogP contribution >= 0.6 is 11.6 Å². The van der Waals surface area contributed by atoms with Gasteiger partial charge in [-0.25, -0.2) is 9.78 Å². The Morgan fingerprint density at radius 3 is 2.67 bits per heavy atom. The number of halogens is 1. The summed E-state index contributed by atoms with van der Waals surface area (Å²) in [4.78, 5) is 43.1. The first-order valence-electron chi connectivity index (χ1n) is 16.7. The van der Waals surface area contributed by atoms with Crippen molar-refractivity contribution in [3.8, 4) is 0 Å². The number of pyridine rings is 1. The number of hydrogen-bond acceptors (Lipinski definition) is 7. The van der Waals surface area contributed by atoms with Gasteiger partial charge in [0.2, 0.25) is 5.91 Å². The number of carbonyl (C=O) groups is 2. The molecule has 2 aromatic heterocycles. The van der Waals surface area contributed by atoms with Crippen molar-refractivity contribution in [2.75, 3.05) is 32.7 Å². The summed E-state index contributed by atoms with van der Waals surface area (Å²) in [5.74, 6) is -0.192. The van der Waals surface area contributed by atoms with Gasteiger partial charge in [-0.1, -0.05) is 54.1 Å². The van der Waals surface area contributed by atoms with Crippen LogP contribution in [0.5, 0.6) is 0 Å². The maximum absolute atomic E-state index is 14.6. The molecule has 4 aromatic rings. The Labute approximate surface area is 285 Å². The molecular formula is C37H41ClN6O4. The third-order valence-electron chi connectivity index (χ3n) is 9.86. The van der Waals surface area contributed by atoms with E-state index in [2.05, 4.69) is 22.0 Å². The lowest BCUT2D eigenvalue weighted by Gasteiger charge is -2.46. The Balaban J connectivity index is 1.19. The highest BCUT2D eigenvalue weighted by molar-refractivity contribution is 6.30. The Morgan fingerprint density at radius 2 is 1.85 bits per heavy atom. The molecule has 250 valence electrons. The molecule has 2 aromatic carbocycles. The van der Waals surface area contributed by atoms with E-state index in [0.717, 1.165) is 40.9 Å². The summed E-state index contributed by atoms with van der Waals surface area (Å²) in [7, 11) is 0. The summed E-state index contributed by atoms with van der Waals surface area (Å²) in [6, 6.07) is 18.6. The highest BCUT2D eigenvalue weighted by Gasteiger charge is 2.44. The van der Waals surface area contributed by atoms with Crippen LogP contribution in [0, 0.1) is 6.92 Å². The summed E-state index contributed by atoms with van der Waals surface area (Å²) < 4.78 is 7.67. The van der Waals surface area contributed by atoms with Gasteiger partial charge in [0.15, 0.2) is 0 Å². The molecule has 11 heteroatoms. The number of benzene rings is 2. The maximum Gasteiger partial charge on any atom is 0.410 e. The molecular weight excluding hydrogens is 628 g/mol. The number of piperazine rings is 1. The second-order valence-electron chi connectivity index (χ2n) is 13.3. The van der Waals surface area contributed by atoms with Gasteiger partial charge in [-0.2, -0.15) is 0 Å². The van der Waals surface area contributed by atoms with Gasteiger partial charge < -0.3 is 19.3 Å². The first-order chi connectivity index (χ1) is 23.3. The second-order valence-corrected chi connectivity index (χ2v) is 13.7. The summed E-state index contributed by atoms with van der Waals surface area (Å²) in [6.07, 6.45) is 7.79. The van der Waals surface area contributed by atoms with E-state index in [-0.39, 0.29) is 31.6 Å². The maximum atomic E-state index is 14.6. The highest BCUT2D eigenvalue weighted by atomic mass is 35.5. The molecule has 2 aliphatic heterocycles. The van der Waals surface area contributed by atoms with Gasteiger partial charge in [0.05, 0.1) is 36.8 Å². The van der Waals surface area contributed by atoms with Crippen LogP contribution in [0.15, 0.2) is 79.4 Å². The number of imidazole rings is 1. The van der Waals surface area contributed by atoms with Crippen molar-refractivity contribution >= 4 is 23.6 Å². The number of aromatic nitrogens is 3. The van der Waals surface area contributed by atoms with Gasteiger partial charge in [-0.05, 0) is 73.1 Å². The molecule has 3 aliphatic rings. The van der Waals surface area contributed by atoms with Crippen molar-refractivity contribution in [2.45, 2.75) is 63.4 Å². The van der Waals surface area contributed by atoms with E-state index >= 15 is 0 Å². The van der Waals surface area contributed by atoms with Crippen molar-refractivity contribution in [2.24, 2.45) is 0 Å². The normalized spacial score (nSPS) is 22.8. The molecule has 4 heterocycles. The van der Waals surface area contributed by atoms with Gasteiger partial charge in [-0.15, -0.1) is 0 Å². The van der Waals surface area contributed by atoms with Gasteiger partial charge in [0.25, 0.3) is 0 Å². The molecule has 48 heavy (non-hydrogen) atoms. The average Bonchev–Trinajstić information content (AvgIpc) is 3.42. The fourth-order valence-electron chi connectivity index (χ4n) is 7.56. The van der Waals surface area contributed by atoms with Crippen LogP contribution in [0.4, 0.5) is 4.79 Å². The smallest absolute Gasteiger partial charge is 0.410 e. The van der Waals surface area contributed by atoms with Crippen LogP contribution in [0.1, 0.15) is 52.5 Å². The van der Waals surface area contributed by atoms with E-state index in [0.29, 0.717) is 44.0 Å². The number of β-amino-alcohol motifs (C(OH)–C–C–N with tert-alkyl or cyclic N) is 1. The van der Waals surface area contributed by atoms with Gasteiger partial charge in [-0.3, -0.25) is 19.6 Å². The topological polar surface area (TPSA) is 104 Å². The number of rotatable bonds is 6. The number of ether oxygens (including phenoxy) is 1. The highest BCUT2D eigenvalue weighted by Crippen LogP contribution is 2.38. The van der Waals surface area contributed by atoms with Crippen molar-refractivity contribution < 1.29 is 19.4 Å². The second kappa shape index (κ2) is 13.7. The van der Waals surface area contributed by atoms with Crippen molar-refractivity contribution in [1.29, 1.82) is 0 Å². The molecule has 1 unspecified atom stereocenters. The van der Waals surface area contributed by atoms with Crippen LogP contribution in [-0.2, 0) is 35.5 Å². The molecule has 2 saturated heterocycles. The third kappa shape index (κ3) is 6.83. The van der Waals surface area contributed by atoms with E-state index in [1.54, 1.807) is 16.1 Å². The molecule has 2 fully saturated rings. The van der Waals surface area contributed by atoms with Crippen molar-refractivity contribution in [3.05, 3.63) is 118 Å². The zero-order valence-corrected chi connectivity index (χ0v) is 27.9. The van der Waals surface area contributed by atoms with Gasteiger partial charge in [0.1, 0.15) is 18.2 Å². The summed E-state index contributed by atoms with van der Waals surface area (Å²) in [5, 5.41) is 12.4. The molecule has 10 nitrogen and oxygen atoms in total. The first-order valence-corrected chi connectivity index (χ1v) is 17.1. The monoisotopic (exact) mass is 668 g/mol. The van der Waals surface area contributed by atoms with Crippen LogP contribution < -0.4 is 0 Å². The lowest BCUT2D eigenvalue weighted by atomic mass is 9.91. The Hall–Kier alpha value is -4.25. The largest absolute Gasteiger partial charge is 0.445 e. The molecule has 1 aliphatic carbocycles. The molecule has 2 amide bonds. The number of aryl methyl sites for hydroxylation is 3. The number of amides is 2. The van der Waals surface area contributed by atoms with Crippen LogP contribution in [0.3, 0.4) is 0 Å². The predicted molar refractivity (Wildman–Crippen MR) is 181 cm³/mol. The molecule has 7 rings (SSSR count). The summed E-state index contributed by atoms with van der Waals surface area (Å²) in [5.41, 5.74) is 5.04. The Morgan fingerprint density at radius 1 is 1.02 bits per heavy atom. The molecule has 0 spiro atoms. The molecule has 1 N–H and O–H groups in total. The number of aliphatic hydroxyl groups is 1. The van der Waals surface area contributed by atoms with E-state index in [9.17, 15) is 14.7 Å². The number of nitrogens with zero attached hydrogens (tertiary/aromatic N) is 6. The Kier molecular flexibility index (Phi) is 9.22. The first kappa shape index (κ1) is 32.3. The van der Waals surface area contributed by atoms with Crippen LogP contribution in [-0.4, -0.2) is 90.7 Å². The predicted octanol–water partition coefficient (Wildman–Crippen LogP) is 4.80. The zero-order valence-electron chi connectivity index (χ0n) is 27.2. The number of piperidine rings is 1. The quantitative estimate of drug-likeness (QED) is 0.315. The zero-order chi connectivity index (χ0) is 33.3. The molecule has 3 atom stereocenters. The SMILES string of the molecule is Cc1cn(CC2(O)CCCN(C(=O)[C@H]3CN([C@H]4c5ccc(Cl)cc5CCc5cccnc54)CCN3C(=O)OCc3ccccc3)C2)cn1. The average molecular weight is 669 g/mol. The minimum Gasteiger partial charge on any atom is -0.445 e. The molecule has 0 bridgehead atoms. The summed E-state index contributed by atoms with van der Waals surface area (Å²) >= 11 is 6.47. The minimum absolute atomic E-state index is 0.114. The Bertz CT molecular complexity index is 1780. The fourth-order valence-corrected chi connectivity index (χ4v) is 7.76. The van der Waals surface area contributed by atoms with E-state index in [1.807, 2.05) is 72.4 Å². The third-order valence-corrected chi connectivity index (χ3v) is 10.1. The fraction of sp³-hybridized carbons (Fsp3) is 0.405.